The minimum atomic E-state index is -0.391. The van der Waals surface area contributed by atoms with E-state index >= 15 is 0 Å². The number of fused-ring (bicyclic) bond motifs is 1. The molecule has 2 aromatic carbocycles. The Morgan fingerprint density at radius 2 is 1.83 bits per heavy atom. The molecule has 0 amide bonds. The fraction of sp³-hybridized carbons (Fsp3) is 0.222. The van der Waals surface area contributed by atoms with Gasteiger partial charge >= 0.3 is 0 Å². The standard InChI is InChI=1S/C18H17ClN2O3/c1-10(2)17-20-16-13(7-8-15(23)14(16)9-22)18(24)21(17)12-5-3-11(19)4-6-12/h3-8,10,22-23H,9H2,1-2H3. The van der Waals surface area contributed by atoms with E-state index in [-0.39, 0.29) is 22.8 Å². The van der Waals surface area contributed by atoms with Crippen LogP contribution in [0.4, 0.5) is 0 Å². The highest BCUT2D eigenvalue weighted by atomic mass is 35.5. The molecular weight excluding hydrogens is 328 g/mol. The first-order valence-corrected chi connectivity index (χ1v) is 7.96. The van der Waals surface area contributed by atoms with Gasteiger partial charge in [0.1, 0.15) is 11.6 Å². The molecule has 0 radical (unpaired) electrons. The molecule has 6 heteroatoms. The molecular formula is C18H17ClN2O3. The van der Waals surface area contributed by atoms with Crippen molar-refractivity contribution in [3.63, 3.8) is 0 Å². The van der Waals surface area contributed by atoms with Gasteiger partial charge in [0.25, 0.3) is 5.56 Å². The molecule has 0 bridgehead atoms. The summed E-state index contributed by atoms with van der Waals surface area (Å²) in [4.78, 5) is 17.6. The second-order valence-electron chi connectivity index (χ2n) is 5.86. The molecule has 124 valence electrons. The van der Waals surface area contributed by atoms with Crippen LogP contribution < -0.4 is 5.56 Å². The van der Waals surface area contributed by atoms with Crippen molar-refractivity contribution in [2.45, 2.75) is 26.4 Å². The van der Waals surface area contributed by atoms with E-state index in [0.29, 0.717) is 27.4 Å². The molecule has 5 nitrogen and oxygen atoms in total. The smallest absolute Gasteiger partial charge is 0.265 e. The van der Waals surface area contributed by atoms with Crippen LogP contribution in [0, 0.1) is 0 Å². The maximum absolute atomic E-state index is 13.0. The third-order valence-electron chi connectivity index (χ3n) is 3.91. The Hall–Kier alpha value is -2.37. The Morgan fingerprint density at radius 1 is 1.17 bits per heavy atom. The zero-order chi connectivity index (χ0) is 17.4. The lowest BCUT2D eigenvalue weighted by Gasteiger charge is -2.17. The third-order valence-corrected chi connectivity index (χ3v) is 4.16. The number of hydrogen-bond donors (Lipinski definition) is 2. The number of benzene rings is 2. The average Bonchev–Trinajstić information content (AvgIpc) is 2.55. The van der Waals surface area contributed by atoms with Gasteiger partial charge in [0.15, 0.2) is 0 Å². The number of rotatable bonds is 3. The molecule has 0 atom stereocenters. The molecule has 3 aromatic rings. The fourth-order valence-electron chi connectivity index (χ4n) is 2.70. The summed E-state index contributed by atoms with van der Waals surface area (Å²) < 4.78 is 1.54. The van der Waals surface area contributed by atoms with Crippen LogP contribution in [0.2, 0.25) is 5.02 Å². The summed E-state index contributed by atoms with van der Waals surface area (Å²) in [6, 6.07) is 9.88. The van der Waals surface area contributed by atoms with Crippen LogP contribution in [0.3, 0.4) is 0 Å². The molecule has 0 fully saturated rings. The molecule has 0 aliphatic carbocycles. The van der Waals surface area contributed by atoms with Crippen LogP contribution in [0.15, 0.2) is 41.2 Å². The monoisotopic (exact) mass is 344 g/mol. The van der Waals surface area contributed by atoms with Crippen molar-refractivity contribution < 1.29 is 10.2 Å². The maximum atomic E-state index is 13.0. The predicted octanol–water partition coefficient (Wildman–Crippen LogP) is 3.36. The summed E-state index contributed by atoms with van der Waals surface area (Å²) in [5.74, 6) is 0.442. The first-order valence-electron chi connectivity index (χ1n) is 7.58. The highest BCUT2D eigenvalue weighted by Crippen LogP contribution is 2.27. The summed E-state index contributed by atoms with van der Waals surface area (Å²) in [6.45, 7) is 3.47. The number of aromatic nitrogens is 2. The summed E-state index contributed by atoms with van der Waals surface area (Å²) >= 11 is 5.93. The summed E-state index contributed by atoms with van der Waals surface area (Å²) in [5, 5.41) is 20.4. The Labute approximate surface area is 143 Å². The SMILES string of the molecule is CC(C)c1nc2c(CO)c(O)ccc2c(=O)n1-c1ccc(Cl)cc1. The van der Waals surface area contributed by atoms with Crippen molar-refractivity contribution in [2.75, 3.05) is 0 Å². The highest BCUT2D eigenvalue weighted by molar-refractivity contribution is 6.30. The number of aliphatic hydroxyl groups is 1. The van der Waals surface area contributed by atoms with E-state index in [1.165, 1.54) is 12.1 Å². The molecule has 0 spiro atoms. The van der Waals surface area contributed by atoms with Crippen molar-refractivity contribution >= 4 is 22.5 Å². The molecule has 1 aromatic heterocycles. The quantitative estimate of drug-likeness (QED) is 0.764. The topological polar surface area (TPSA) is 75.4 Å². The van der Waals surface area contributed by atoms with Gasteiger partial charge in [-0.25, -0.2) is 4.98 Å². The van der Waals surface area contributed by atoms with Crippen molar-refractivity contribution in [3.05, 3.63) is 63.2 Å². The zero-order valence-electron chi connectivity index (χ0n) is 13.3. The molecule has 0 unspecified atom stereocenters. The van der Waals surface area contributed by atoms with Gasteiger partial charge in [-0.1, -0.05) is 25.4 Å². The number of halogens is 1. The van der Waals surface area contributed by atoms with E-state index in [4.69, 9.17) is 11.6 Å². The summed E-state index contributed by atoms with van der Waals surface area (Å²) in [6.07, 6.45) is 0. The average molecular weight is 345 g/mol. The van der Waals surface area contributed by atoms with Gasteiger partial charge in [-0.05, 0) is 36.4 Å². The van der Waals surface area contributed by atoms with Gasteiger partial charge in [0.05, 0.1) is 23.2 Å². The third kappa shape index (κ3) is 2.66. The van der Waals surface area contributed by atoms with Gasteiger partial charge < -0.3 is 10.2 Å². The van der Waals surface area contributed by atoms with Crippen molar-refractivity contribution in [3.8, 4) is 11.4 Å². The Bertz CT molecular complexity index is 963. The first kappa shape index (κ1) is 16.5. The zero-order valence-corrected chi connectivity index (χ0v) is 14.1. The molecule has 0 aliphatic heterocycles. The number of nitrogens with zero attached hydrogens (tertiary/aromatic N) is 2. The van der Waals surface area contributed by atoms with E-state index in [1.54, 1.807) is 28.8 Å². The fourth-order valence-corrected chi connectivity index (χ4v) is 2.82. The van der Waals surface area contributed by atoms with Crippen LogP contribution in [-0.4, -0.2) is 19.8 Å². The summed E-state index contributed by atoms with van der Waals surface area (Å²) in [5.41, 5.74) is 1.01. The van der Waals surface area contributed by atoms with Crippen LogP contribution in [-0.2, 0) is 6.61 Å². The number of aromatic hydroxyl groups is 1. The van der Waals surface area contributed by atoms with Crippen LogP contribution in [0.25, 0.3) is 16.6 Å². The Balaban J connectivity index is 2.43. The lowest BCUT2D eigenvalue weighted by Crippen LogP contribution is -2.25. The molecule has 0 aliphatic rings. The van der Waals surface area contributed by atoms with Gasteiger partial charge in [0, 0.05) is 16.5 Å². The second kappa shape index (κ2) is 6.26. The highest BCUT2D eigenvalue weighted by Gasteiger charge is 2.18. The number of phenols is 1. The van der Waals surface area contributed by atoms with E-state index in [0.717, 1.165) is 0 Å². The van der Waals surface area contributed by atoms with E-state index < -0.39 is 6.61 Å². The normalized spacial score (nSPS) is 11.4. The number of hydrogen-bond acceptors (Lipinski definition) is 4. The van der Waals surface area contributed by atoms with Crippen LogP contribution in [0.1, 0.15) is 31.2 Å². The second-order valence-corrected chi connectivity index (χ2v) is 6.30. The molecule has 1 heterocycles. The van der Waals surface area contributed by atoms with Gasteiger partial charge in [0.2, 0.25) is 0 Å². The minimum absolute atomic E-state index is 0.0355. The molecule has 24 heavy (non-hydrogen) atoms. The summed E-state index contributed by atoms with van der Waals surface area (Å²) in [7, 11) is 0. The van der Waals surface area contributed by atoms with Gasteiger partial charge in [-0.2, -0.15) is 0 Å². The Kier molecular flexibility index (Phi) is 4.30. The van der Waals surface area contributed by atoms with Crippen molar-refractivity contribution in [1.29, 1.82) is 0 Å². The lowest BCUT2D eigenvalue weighted by molar-refractivity contribution is 0.277. The maximum Gasteiger partial charge on any atom is 0.265 e. The van der Waals surface area contributed by atoms with E-state index in [2.05, 4.69) is 4.98 Å². The van der Waals surface area contributed by atoms with Crippen LogP contribution >= 0.6 is 11.6 Å². The molecule has 0 saturated carbocycles. The van der Waals surface area contributed by atoms with E-state index in [1.807, 2.05) is 13.8 Å². The van der Waals surface area contributed by atoms with Crippen molar-refractivity contribution in [1.82, 2.24) is 9.55 Å². The molecule has 3 rings (SSSR count). The Morgan fingerprint density at radius 3 is 2.42 bits per heavy atom. The molecule has 0 saturated heterocycles. The van der Waals surface area contributed by atoms with Crippen molar-refractivity contribution in [2.24, 2.45) is 0 Å². The van der Waals surface area contributed by atoms with Gasteiger partial charge in [-0.3, -0.25) is 9.36 Å². The molecule has 2 N–H and O–H groups in total. The largest absolute Gasteiger partial charge is 0.508 e. The predicted molar refractivity (Wildman–Crippen MR) is 94.0 cm³/mol. The van der Waals surface area contributed by atoms with Crippen LogP contribution in [0.5, 0.6) is 5.75 Å². The van der Waals surface area contributed by atoms with E-state index in [9.17, 15) is 15.0 Å². The first-order chi connectivity index (χ1) is 11.4. The minimum Gasteiger partial charge on any atom is -0.508 e. The lowest BCUT2D eigenvalue weighted by atomic mass is 10.1. The number of aliphatic hydroxyl groups excluding tert-OH is 1. The van der Waals surface area contributed by atoms with Gasteiger partial charge in [-0.15, -0.1) is 0 Å².